The minimum absolute atomic E-state index is 0.346. The van der Waals surface area contributed by atoms with Gasteiger partial charge in [0.05, 0.1) is 18.1 Å². The molecule has 0 amide bonds. The molecule has 0 radical (unpaired) electrons. The largest absolute Gasteiger partial charge is 0.356 e. The van der Waals surface area contributed by atoms with Crippen molar-refractivity contribution in [3.05, 3.63) is 35.1 Å². The fourth-order valence-corrected chi connectivity index (χ4v) is 4.65. The Morgan fingerprint density at radius 1 is 0.778 bits per heavy atom. The van der Waals surface area contributed by atoms with E-state index in [4.69, 9.17) is 11.6 Å². The predicted molar refractivity (Wildman–Crippen MR) is 108 cm³/mol. The van der Waals surface area contributed by atoms with E-state index in [9.17, 15) is 0 Å². The summed E-state index contributed by atoms with van der Waals surface area (Å²) in [6, 6.07) is 2.04. The van der Waals surface area contributed by atoms with E-state index in [1.807, 2.05) is 32.3 Å². The Labute approximate surface area is 166 Å². The number of nitrogens with zero attached hydrogens (tertiary/aromatic N) is 6. The third-order valence-corrected chi connectivity index (χ3v) is 6.14. The fourth-order valence-electron chi connectivity index (χ4n) is 4.43. The Morgan fingerprint density at radius 3 is 1.89 bits per heavy atom. The third kappa shape index (κ3) is 4.32. The zero-order chi connectivity index (χ0) is 18.8. The molecule has 0 aromatic carbocycles. The zero-order valence-electron chi connectivity index (χ0n) is 16.1. The van der Waals surface area contributed by atoms with E-state index in [1.54, 1.807) is 0 Å². The smallest absolute Gasteiger partial charge is 0.224 e. The third-order valence-electron chi connectivity index (χ3n) is 5.97. The molecule has 2 aliphatic rings. The summed E-state index contributed by atoms with van der Waals surface area (Å²) in [6.07, 6.45) is 8.73. The van der Waals surface area contributed by atoms with Crippen LogP contribution in [-0.4, -0.2) is 46.1 Å². The molecule has 0 aliphatic carbocycles. The molecular weight excluding hydrogens is 360 g/mol. The summed E-state index contributed by atoms with van der Waals surface area (Å²) in [5.41, 5.74) is 1.90. The predicted octanol–water partition coefficient (Wildman–Crippen LogP) is 3.67. The molecule has 7 heteroatoms. The highest BCUT2D eigenvalue weighted by atomic mass is 35.5. The van der Waals surface area contributed by atoms with Gasteiger partial charge in [-0.05, 0) is 63.0 Å². The number of rotatable bonds is 3. The monoisotopic (exact) mass is 386 g/mol. The first-order valence-electron chi connectivity index (χ1n) is 9.88. The molecule has 4 heterocycles. The van der Waals surface area contributed by atoms with Gasteiger partial charge in [0.2, 0.25) is 5.28 Å². The molecule has 4 rings (SSSR count). The van der Waals surface area contributed by atoms with Crippen molar-refractivity contribution in [1.29, 1.82) is 0 Å². The van der Waals surface area contributed by atoms with Crippen molar-refractivity contribution in [2.24, 2.45) is 11.8 Å². The van der Waals surface area contributed by atoms with Gasteiger partial charge in [0.1, 0.15) is 11.6 Å². The first-order valence-corrected chi connectivity index (χ1v) is 10.3. The fraction of sp³-hybridized carbons (Fsp3) is 0.600. The van der Waals surface area contributed by atoms with Gasteiger partial charge >= 0.3 is 0 Å². The lowest BCUT2D eigenvalue weighted by Crippen LogP contribution is -2.41. The van der Waals surface area contributed by atoms with Crippen LogP contribution in [0.15, 0.2) is 18.5 Å². The highest BCUT2D eigenvalue weighted by Crippen LogP contribution is 2.34. The van der Waals surface area contributed by atoms with Crippen LogP contribution in [0.1, 0.15) is 37.1 Å². The van der Waals surface area contributed by atoms with Gasteiger partial charge in [-0.3, -0.25) is 4.98 Å². The van der Waals surface area contributed by atoms with E-state index in [2.05, 4.69) is 29.7 Å². The topological polar surface area (TPSA) is 58.0 Å². The summed E-state index contributed by atoms with van der Waals surface area (Å²) in [4.78, 5) is 22.2. The van der Waals surface area contributed by atoms with Crippen LogP contribution < -0.4 is 9.80 Å². The van der Waals surface area contributed by atoms with Crippen molar-refractivity contribution >= 4 is 23.2 Å². The number of anilines is 2. The average molecular weight is 387 g/mol. The molecule has 0 N–H and O–H groups in total. The molecule has 0 bridgehead atoms. The maximum absolute atomic E-state index is 6.03. The van der Waals surface area contributed by atoms with Gasteiger partial charge in [0, 0.05) is 37.9 Å². The second-order valence-electron chi connectivity index (χ2n) is 7.80. The summed E-state index contributed by atoms with van der Waals surface area (Å²) < 4.78 is 0. The summed E-state index contributed by atoms with van der Waals surface area (Å²) in [5.74, 6) is 3.62. The lowest BCUT2D eigenvalue weighted by molar-refractivity contribution is 0.232. The maximum Gasteiger partial charge on any atom is 0.224 e. The van der Waals surface area contributed by atoms with Crippen molar-refractivity contribution in [3.63, 3.8) is 0 Å². The first-order chi connectivity index (χ1) is 13.1. The van der Waals surface area contributed by atoms with Crippen molar-refractivity contribution in [2.45, 2.75) is 39.5 Å². The molecule has 6 nitrogen and oxygen atoms in total. The molecule has 2 aliphatic heterocycles. The molecule has 0 atom stereocenters. The van der Waals surface area contributed by atoms with E-state index < -0.39 is 0 Å². The van der Waals surface area contributed by atoms with Gasteiger partial charge in [-0.25, -0.2) is 15.0 Å². The molecule has 2 aromatic heterocycles. The number of piperidine rings is 2. The van der Waals surface area contributed by atoms with Gasteiger partial charge in [-0.1, -0.05) is 0 Å². The quantitative estimate of drug-likeness (QED) is 0.750. The van der Waals surface area contributed by atoms with E-state index >= 15 is 0 Å². The highest BCUT2D eigenvalue weighted by molar-refractivity contribution is 6.28. The van der Waals surface area contributed by atoms with Crippen molar-refractivity contribution in [1.82, 2.24) is 19.9 Å². The Bertz CT molecular complexity index is 744. The van der Waals surface area contributed by atoms with Crippen LogP contribution in [-0.2, 0) is 0 Å². The van der Waals surface area contributed by atoms with Crippen LogP contribution in [0, 0.1) is 25.7 Å². The lowest BCUT2D eigenvalue weighted by atomic mass is 9.79. The van der Waals surface area contributed by atoms with Crippen LogP contribution in [0.2, 0.25) is 5.28 Å². The molecule has 0 saturated carbocycles. The maximum atomic E-state index is 6.03. The molecule has 0 unspecified atom stereocenters. The standard InChI is InChI=1S/C20H27ClN6/c1-14-11-18(25-20(21)24-14)26-7-3-16(4-8-26)17-5-9-27(10-6-17)19-13-22-15(2)12-23-19/h11-13,16-17H,3-10H2,1-2H3. The summed E-state index contributed by atoms with van der Waals surface area (Å²) in [5, 5.41) is 0.346. The van der Waals surface area contributed by atoms with Gasteiger partial charge in [-0.15, -0.1) is 0 Å². The van der Waals surface area contributed by atoms with E-state index in [-0.39, 0.29) is 0 Å². The zero-order valence-corrected chi connectivity index (χ0v) is 16.9. The number of halogens is 1. The van der Waals surface area contributed by atoms with Gasteiger partial charge in [0.15, 0.2) is 0 Å². The Kier molecular flexibility index (Phi) is 5.43. The van der Waals surface area contributed by atoms with Crippen LogP contribution >= 0.6 is 11.6 Å². The number of aryl methyl sites for hydroxylation is 2. The molecule has 144 valence electrons. The lowest BCUT2D eigenvalue weighted by Gasteiger charge is -2.40. The summed E-state index contributed by atoms with van der Waals surface area (Å²) >= 11 is 6.03. The Morgan fingerprint density at radius 2 is 1.37 bits per heavy atom. The summed E-state index contributed by atoms with van der Waals surface area (Å²) in [6.45, 7) is 8.23. The van der Waals surface area contributed by atoms with E-state index in [1.165, 1.54) is 25.7 Å². The molecule has 27 heavy (non-hydrogen) atoms. The molecule has 2 saturated heterocycles. The average Bonchev–Trinajstić information content (AvgIpc) is 2.68. The Balaban J connectivity index is 1.30. The first kappa shape index (κ1) is 18.4. The summed E-state index contributed by atoms with van der Waals surface area (Å²) in [7, 11) is 0. The van der Waals surface area contributed by atoms with Crippen LogP contribution in [0.3, 0.4) is 0 Å². The number of hydrogen-bond acceptors (Lipinski definition) is 6. The second kappa shape index (κ2) is 7.97. The van der Waals surface area contributed by atoms with Crippen molar-refractivity contribution in [2.75, 3.05) is 36.0 Å². The minimum Gasteiger partial charge on any atom is -0.356 e. The van der Waals surface area contributed by atoms with E-state index in [0.717, 1.165) is 61.0 Å². The molecule has 2 aromatic rings. The van der Waals surface area contributed by atoms with Crippen LogP contribution in [0.4, 0.5) is 11.6 Å². The number of aromatic nitrogens is 4. The normalized spacial score (nSPS) is 19.5. The molecule has 2 fully saturated rings. The number of hydrogen-bond donors (Lipinski definition) is 0. The molecular formula is C20H27ClN6. The van der Waals surface area contributed by atoms with Crippen molar-refractivity contribution < 1.29 is 0 Å². The highest BCUT2D eigenvalue weighted by Gasteiger charge is 2.30. The van der Waals surface area contributed by atoms with Gasteiger partial charge < -0.3 is 9.80 Å². The SMILES string of the molecule is Cc1cnc(N2CCC(C3CCN(c4cc(C)nc(Cl)n4)CC3)CC2)cn1. The van der Waals surface area contributed by atoms with Gasteiger partial charge in [-0.2, -0.15) is 0 Å². The molecule has 0 spiro atoms. The van der Waals surface area contributed by atoms with E-state index in [0.29, 0.717) is 5.28 Å². The van der Waals surface area contributed by atoms with Crippen LogP contribution in [0.25, 0.3) is 0 Å². The van der Waals surface area contributed by atoms with Gasteiger partial charge in [0.25, 0.3) is 0 Å². The Hall–Kier alpha value is -1.95. The van der Waals surface area contributed by atoms with Crippen molar-refractivity contribution in [3.8, 4) is 0 Å². The van der Waals surface area contributed by atoms with Crippen LogP contribution in [0.5, 0.6) is 0 Å². The minimum atomic E-state index is 0.346. The second-order valence-corrected chi connectivity index (χ2v) is 8.14.